The summed E-state index contributed by atoms with van der Waals surface area (Å²) in [5, 5.41) is 12.1. The summed E-state index contributed by atoms with van der Waals surface area (Å²) in [6.45, 7) is 1.28. The van der Waals surface area contributed by atoms with Crippen LogP contribution < -0.4 is 16.7 Å². The van der Waals surface area contributed by atoms with Crippen molar-refractivity contribution in [2.24, 2.45) is 5.73 Å². The van der Waals surface area contributed by atoms with E-state index >= 15 is 0 Å². The largest absolute Gasteiger partial charge is 0.394 e. The Hall–Kier alpha value is -1.44. The first-order chi connectivity index (χ1) is 9.24. The first kappa shape index (κ1) is 14.0. The first-order valence-electron chi connectivity index (χ1n) is 6.54. The molecule has 1 aliphatic rings. The number of nitrogens with two attached hydrogens (primary N) is 1. The van der Waals surface area contributed by atoms with Gasteiger partial charge in [-0.3, -0.25) is 4.57 Å². The quantitative estimate of drug-likeness (QED) is 0.611. The molecule has 0 amide bonds. The molecule has 4 N–H and O–H groups in total. The van der Waals surface area contributed by atoms with Crippen LogP contribution in [0, 0.1) is 0 Å². The van der Waals surface area contributed by atoms with Crippen LogP contribution in [-0.2, 0) is 4.74 Å². The molecule has 106 valence electrons. The molecule has 19 heavy (non-hydrogen) atoms. The number of hydrogen-bond donors (Lipinski definition) is 3. The SMILES string of the molecule is NCCCNc1ccn([C@H]2CC[C@@H](CO)O2)c(=O)n1. The summed E-state index contributed by atoms with van der Waals surface area (Å²) in [6.07, 6.45) is 3.46. The third kappa shape index (κ3) is 3.52. The zero-order chi connectivity index (χ0) is 13.7. The Kier molecular flexibility index (Phi) is 4.89. The second kappa shape index (κ2) is 6.65. The second-order valence-corrected chi connectivity index (χ2v) is 4.54. The van der Waals surface area contributed by atoms with E-state index in [2.05, 4.69) is 10.3 Å². The summed E-state index contributed by atoms with van der Waals surface area (Å²) in [6, 6.07) is 1.74. The van der Waals surface area contributed by atoms with Crippen molar-refractivity contribution in [3.05, 3.63) is 22.7 Å². The van der Waals surface area contributed by atoms with Crippen molar-refractivity contribution < 1.29 is 9.84 Å². The number of nitrogens with one attached hydrogen (secondary N) is 1. The van der Waals surface area contributed by atoms with Crippen molar-refractivity contribution in [3.8, 4) is 0 Å². The van der Waals surface area contributed by atoms with Gasteiger partial charge in [0.25, 0.3) is 0 Å². The van der Waals surface area contributed by atoms with Gasteiger partial charge in [-0.25, -0.2) is 4.79 Å². The van der Waals surface area contributed by atoms with Crippen LogP contribution in [0.1, 0.15) is 25.5 Å². The molecule has 1 aromatic heterocycles. The third-order valence-electron chi connectivity index (χ3n) is 3.12. The molecule has 1 aromatic rings. The standard InChI is InChI=1S/C12H20N4O3/c13-5-1-6-14-10-4-7-16(12(18)15-10)11-3-2-9(8-17)19-11/h4,7,9,11,17H,1-3,5-6,8,13H2,(H,14,15,18)/t9-,11+/m0/s1. The minimum atomic E-state index is -0.346. The highest BCUT2D eigenvalue weighted by Gasteiger charge is 2.26. The molecular formula is C12H20N4O3. The summed E-state index contributed by atoms with van der Waals surface area (Å²) in [4.78, 5) is 15.9. The molecule has 1 aliphatic heterocycles. The lowest BCUT2D eigenvalue weighted by Crippen LogP contribution is -2.28. The number of ether oxygens (including phenoxy) is 1. The number of nitrogens with zero attached hydrogens (tertiary/aromatic N) is 2. The Labute approximate surface area is 111 Å². The first-order valence-corrected chi connectivity index (χ1v) is 6.54. The highest BCUT2D eigenvalue weighted by Crippen LogP contribution is 2.26. The molecule has 0 radical (unpaired) electrons. The maximum Gasteiger partial charge on any atom is 0.351 e. The van der Waals surface area contributed by atoms with Crippen LogP contribution in [-0.4, -0.2) is 40.5 Å². The van der Waals surface area contributed by atoms with E-state index in [4.69, 9.17) is 15.6 Å². The number of hydrogen-bond acceptors (Lipinski definition) is 6. The van der Waals surface area contributed by atoms with Crippen LogP contribution in [0.4, 0.5) is 5.82 Å². The predicted molar refractivity (Wildman–Crippen MR) is 70.9 cm³/mol. The maximum atomic E-state index is 11.9. The third-order valence-corrected chi connectivity index (χ3v) is 3.12. The smallest absolute Gasteiger partial charge is 0.351 e. The molecule has 7 heteroatoms. The fourth-order valence-corrected chi connectivity index (χ4v) is 2.07. The monoisotopic (exact) mass is 268 g/mol. The minimum absolute atomic E-state index is 0.0165. The minimum Gasteiger partial charge on any atom is -0.394 e. The fourth-order valence-electron chi connectivity index (χ4n) is 2.07. The lowest BCUT2D eigenvalue weighted by molar-refractivity contribution is -0.0245. The number of rotatable bonds is 6. The summed E-state index contributed by atoms with van der Waals surface area (Å²) < 4.78 is 7.01. The molecule has 7 nitrogen and oxygen atoms in total. The van der Waals surface area contributed by atoms with E-state index in [0.717, 1.165) is 12.8 Å². The fraction of sp³-hybridized carbons (Fsp3) is 0.667. The number of anilines is 1. The normalized spacial score (nSPS) is 22.6. The van der Waals surface area contributed by atoms with E-state index in [1.165, 1.54) is 4.57 Å². The van der Waals surface area contributed by atoms with Gasteiger partial charge in [0.2, 0.25) is 0 Å². The van der Waals surface area contributed by atoms with E-state index < -0.39 is 0 Å². The van der Waals surface area contributed by atoms with Gasteiger partial charge in [-0.15, -0.1) is 0 Å². The maximum absolute atomic E-state index is 11.9. The van der Waals surface area contributed by atoms with Crippen LogP contribution in [0.3, 0.4) is 0 Å². The average molecular weight is 268 g/mol. The van der Waals surface area contributed by atoms with Crippen LogP contribution in [0.25, 0.3) is 0 Å². The Morgan fingerprint density at radius 1 is 1.58 bits per heavy atom. The molecule has 0 aliphatic carbocycles. The summed E-state index contributed by atoms with van der Waals surface area (Å²) in [7, 11) is 0. The van der Waals surface area contributed by atoms with E-state index in [1.807, 2.05) is 0 Å². The lowest BCUT2D eigenvalue weighted by Gasteiger charge is -2.15. The van der Waals surface area contributed by atoms with Crippen LogP contribution in [0.15, 0.2) is 17.1 Å². The van der Waals surface area contributed by atoms with Gasteiger partial charge in [-0.05, 0) is 31.9 Å². The summed E-state index contributed by atoms with van der Waals surface area (Å²) in [5.74, 6) is 0.548. The van der Waals surface area contributed by atoms with E-state index in [0.29, 0.717) is 25.3 Å². The average Bonchev–Trinajstić information content (AvgIpc) is 2.88. The van der Waals surface area contributed by atoms with Crippen molar-refractivity contribution >= 4 is 5.82 Å². The van der Waals surface area contributed by atoms with Gasteiger partial charge < -0.3 is 20.9 Å². The van der Waals surface area contributed by atoms with Crippen molar-refractivity contribution in [1.82, 2.24) is 9.55 Å². The molecule has 0 aromatic carbocycles. The molecule has 0 bridgehead atoms. The zero-order valence-electron chi connectivity index (χ0n) is 10.8. The lowest BCUT2D eigenvalue weighted by atomic mass is 10.2. The molecule has 2 heterocycles. The van der Waals surface area contributed by atoms with Crippen LogP contribution >= 0.6 is 0 Å². The number of aliphatic hydroxyl groups excluding tert-OH is 1. The van der Waals surface area contributed by atoms with Crippen LogP contribution in [0.2, 0.25) is 0 Å². The number of aromatic nitrogens is 2. The Morgan fingerprint density at radius 3 is 3.05 bits per heavy atom. The molecule has 1 saturated heterocycles. The molecule has 0 spiro atoms. The highest BCUT2D eigenvalue weighted by molar-refractivity contribution is 5.31. The zero-order valence-corrected chi connectivity index (χ0v) is 10.8. The summed E-state index contributed by atoms with van der Waals surface area (Å²) in [5.41, 5.74) is 5.05. The molecule has 0 unspecified atom stereocenters. The summed E-state index contributed by atoms with van der Waals surface area (Å²) >= 11 is 0. The number of aliphatic hydroxyl groups is 1. The Balaban J connectivity index is 2.01. The molecule has 1 fully saturated rings. The molecule has 2 rings (SSSR count). The van der Waals surface area contributed by atoms with Crippen molar-refractivity contribution in [1.29, 1.82) is 0 Å². The predicted octanol–water partition coefficient (Wildman–Crippen LogP) is -0.326. The van der Waals surface area contributed by atoms with Crippen molar-refractivity contribution in [3.63, 3.8) is 0 Å². The van der Waals surface area contributed by atoms with Crippen LogP contribution in [0.5, 0.6) is 0 Å². The van der Waals surface area contributed by atoms with Gasteiger partial charge in [0.1, 0.15) is 12.0 Å². The molecular weight excluding hydrogens is 248 g/mol. The van der Waals surface area contributed by atoms with Gasteiger partial charge >= 0.3 is 5.69 Å². The molecule has 0 saturated carbocycles. The Bertz CT molecular complexity index is 463. The van der Waals surface area contributed by atoms with E-state index in [9.17, 15) is 4.79 Å². The van der Waals surface area contributed by atoms with Crippen molar-refractivity contribution in [2.75, 3.05) is 25.0 Å². The Morgan fingerprint density at radius 2 is 2.42 bits per heavy atom. The van der Waals surface area contributed by atoms with Gasteiger partial charge in [0, 0.05) is 12.7 Å². The van der Waals surface area contributed by atoms with Gasteiger partial charge in [-0.1, -0.05) is 0 Å². The van der Waals surface area contributed by atoms with E-state index in [-0.39, 0.29) is 24.6 Å². The molecule has 2 atom stereocenters. The van der Waals surface area contributed by atoms with Gasteiger partial charge in [-0.2, -0.15) is 4.98 Å². The van der Waals surface area contributed by atoms with Gasteiger partial charge in [0.05, 0.1) is 12.7 Å². The van der Waals surface area contributed by atoms with Crippen molar-refractivity contribution in [2.45, 2.75) is 31.6 Å². The highest BCUT2D eigenvalue weighted by atomic mass is 16.5. The van der Waals surface area contributed by atoms with Gasteiger partial charge in [0.15, 0.2) is 0 Å². The second-order valence-electron chi connectivity index (χ2n) is 4.54. The van der Waals surface area contributed by atoms with E-state index in [1.54, 1.807) is 12.3 Å². The topological polar surface area (TPSA) is 102 Å².